The maximum atomic E-state index is 12.5. The van der Waals surface area contributed by atoms with Crippen LogP contribution in [-0.4, -0.2) is 90.4 Å². The molecule has 0 bridgehead atoms. The zero-order valence-corrected chi connectivity index (χ0v) is 25.9. The van der Waals surface area contributed by atoms with Crippen molar-refractivity contribution < 1.29 is 28.6 Å². The Kier molecular flexibility index (Phi) is 17.3. The summed E-state index contributed by atoms with van der Waals surface area (Å²) in [5.74, 6) is -0.828. The van der Waals surface area contributed by atoms with E-state index in [2.05, 4.69) is 26.3 Å². The quantitative estimate of drug-likeness (QED) is 0.131. The molecule has 13 nitrogen and oxygen atoms in total. The molecule has 0 aromatic carbocycles. The summed E-state index contributed by atoms with van der Waals surface area (Å²) in [6.07, 6.45) is 6.25. The van der Waals surface area contributed by atoms with Gasteiger partial charge in [-0.3, -0.25) is 19.1 Å². The molecule has 0 aliphatic carbocycles. The van der Waals surface area contributed by atoms with Gasteiger partial charge in [0.25, 0.3) is 0 Å². The van der Waals surface area contributed by atoms with E-state index in [1.54, 1.807) is 11.8 Å². The number of aromatic nitrogens is 3. The molecule has 1 aromatic rings. The molecule has 0 saturated heterocycles. The van der Waals surface area contributed by atoms with Gasteiger partial charge in [-0.1, -0.05) is 5.21 Å². The van der Waals surface area contributed by atoms with E-state index in [0.29, 0.717) is 65.0 Å². The summed E-state index contributed by atoms with van der Waals surface area (Å²) in [5.41, 5.74) is 5.32. The average Bonchev–Trinajstić information content (AvgIpc) is 3.35. The number of aryl methyl sites for hydroxylation is 1. The number of nitrogens with two attached hydrogens (primary N) is 1. The van der Waals surface area contributed by atoms with Crippen LogP contribution in [0.2, 0.25) is 0 Å². The molecule has 0 radical (unpaired) electrons. The molecule has 41 heavy (non-hydrogen) atoms. The van der Waals surface area contributed by atoms with E-state index in [9.17, 15) is 14.4 Å². The van der Waals surface area contributed by atoms with Crippen molar-refractivity contribution >= 4 is 17.7 Å². The van der Waals surface area contributed by atoms with Gasteiger partial charge >= 0.3 is 0 Å². The number of hydrogen-bond donors (Lipinski definition) is 4. The Bertz CT molecular complexity index is 906. The lowest BCUT2D eigenvalue weighted by atomic mass is 10.0. The highest BCUT2D eigenvalue weighted by molar-refractivity contribution is 5.86. The Morgan fingerprint density at radius 2 is 1.76 bits per heavy atom. The zero-order chi connectivity index (χ0) is 30.7. The number of hydrogen-bond acceptors (Lipinski definition) is 9. The first-order chi connectivity index (χ1) is 19.4. The lowest BCUT2D eigenvalue weighted by Gasteiger charge is -2.32. The predicted octanol–water partition coefficient (Wildman–Crippen LogP) is 1.44. The van der Waals surface area contributed by atoms with Crippen molar-refractivity contribution in [3.8, 4) is 0 Å². The first-order valence-electron chi connectivity index (χ1n) is 14.5. The first-order valence-corrected chi connectivity index (χ1v) is 14.5. The smallest absolute Gasteiger partial charge is 0.239 e. The van der Waals surface area contributed by atoms with Gasteiger partial charge in [0, 0.05) is 39.6 Å². The van der Waals surface area contributed by atoms with Crippen molar-refractivity contribution in [2.75, 3.05) is 40.5 Å². The van der Waals surface area contributed by atoms with E-state index in [1.807, 2.05) is 40.9 Å². The highest BCUT2D eigenvalue weighted by Crippen LogP contribution is 2.21. The Balaban J connectivity index is 2.22. The number of amides is 3. The highest BCUT2D eigenvalue weighted by atomic mass is 16.6. The third-order valence-corrected chi connectivity index (χ3v) is 6.45. The summed E-state index contributed by atoms with van der Waals surface area (Å²) in [6, 6.07) is -0.747. The van der Waals surface area contributed by atoms with Crippen LogP contribution in [0.5, 0.6) is 0 Å². The number of carbonyl (C=O) groups excluding carboxylic acids is 3. The molecule has 5 N–H and O–H groups in total. The third-order valence-electron chi connectivity index (χ3n) is 6.45. The number of methoxy groups -OCH3 is 1. The Labute approximate surface area is 245 Å². The van der Waals surface area contributed by atoms with Gasteiger partial charge in [-0.25, -0.2) is 0 Å². The van der Waals surface area contributed by atoms with Crippen molar-refractivity contribution in [3.05, 3.63) is 11.9 Å². The largest absolute Gasteiger partial charge is 0.378 e. The van der Waals surface area contributed by atoms with Gasteiger partial charge in [0.05, 0.1) is 37.2 Å². The zero-order valence-electron chi connectivity index (χ0n) is 25.9. The Hall–Kier alpha value is -2.61. The van der Waals surface area contributed by atoms with Crippen LogP contribution in [0.4, 0.5) is 0 Å². The summed E-state index contributed by atoms with van der Waals surface area (Å²) in [7, 11) is 3.48. The molecule has 0 fully saturated rings. The molecular formula is C28H53N7O6. The number of ether oxygens (including phenoxy) is 3. The average molecular weight is 584 g/mol. The predicted molar refractivity (Wildman–Crippen MR) is 156 cm³/mol. The normalized spacial score (nSPS) is 12.7. The molecule has 1 heterocycles. The van der Waals surface area contributed by atoms with Crippen molar-refractivity contribution in [3.63, 3.8) is 0 Å². The summed E-state index contributed by atoms with van der Waals surface area (Å²) in [6.45, 7) is 11.2. The minimum absolute atomic E-state index is 0.0128. The standard InChI is InChI=1S/C28H53N7O6/c1-27(2,41-21-28(3,4)40-18-16-30-5)14-13-25(37)32-23(26(29)38)11-7-9-15-31-24(36)12-8-10-17-35-19-22(20-39-6)33-34-35/h19,23,30H,7-18,20-21H2,1-6H3,(H2,29,38)(H,31,36)(H,32,37). The summed E-state index contributed by atoms with van der Waals surface area (Å²) < 4.78 is 18.6. The lowest BCUT2D eigenvalue weighted by molar-refractivity contribution is -0.132. The minimum Gasteiger partial charge on any atom is -0.378 e. The van der Waals surface area contributed by atoms with Crippen LogP contribution in [0, 0.1) is 0 Å². The molecule has 0 aliphatic heterocycles. The minimum atomic E-state index is -0.747. The summed E-state index contributed by atoms with van der Waals surface area (Å²) in [5, 5.41) is 16.7. The molecule has 0 saturated carbocycles. The lowest BCUT2D eigenvalue weighted by Crippen LogP contribution is -2.45. The van der Waals surface area contributed by atoms with Crippen LogP contribution in [0.25, 0.3) is 0 Å². The number of nitrogens with zero attached hydrogens (tertiary/aromatic N) is 3. The Morgan fingerprint density at radius 1 is 1.00 bits per heavy atom. The van der Waals surface area contributed by atoms with Crippen molar-refractivity contribution in [1.29, 1.82) is 0 Å². The maximum Gasteiger partial charge on any atom is 0.239 e. The first kappa shape index (κ1) is 36.4. The fourth-order valence-electron chi connectivity index (χ4n) is 3.89. The number of likely N-dealkylation sites (N-methyl/N-ethyl adjacent to an activating group) is 1. The molecular weight excluding hydrogens is 530 g/mol. The molecule has 1 rings (SSSR count). The van der Waals surface area contributed by atoms with Gasteiger partial charge in [0.1, 0.15) is 11.7 Å². The van der Waals surface area contributed by atoms with Crippen LogP contribution in [0.1, 0.15) is 84.8 Å². The van der Waals surface area contributed by atoms with Gasteiger partial charge < -0.3 is 35.9 Å². The van der Waals surface area contributed by atoms with E-state index in [0.717, 1.165) is 25.1 Å². The maximum absolute atomic E-state index is 12.5. The number of unbranched alkanes of at least 4 members (excludes halogenated alkanes) is 2. The van der Waals surface area contributed by atoms with Crippen LogP contribution in [-0.2, 0) is 41.7 Å². The van der Waals surface area contributed by atoms with E-state index in [4.69, 9.17) is 19.9 Å². The van der Waals surface area contributed by atoms with Crippen LogP contribution >= 0.6 is 0 Å². The van der Waals surface area contributed by atoms with Crippen molar-refractivity contribution in [2.45, 2.75) is 109 Å². The molecule has 0 aliphatic rings. The number of carbonyl (C=O) groups is 3. The number of primary amides is 1. The molecule has 3 amide bonds. The van der Waals surface area contributed by atoms with Crippen LogP contribution in [0.3, 0.4) is 0 Å². The molecule has 1 aromatic heterocycles. The molecule has 236 valence electrons. The third kappa shape index (κ3) is 17.7. The van der Waals surface area contributed by atoms with Gasteiger partial charge in [0.2, 0.25) is 17.7 Å². The van der Waals surface area contributed by atoms with Gasteiger partial charge in [0.15, 0.2) is 0 Å². The second kappa shape index (κ2) is 19.5. The molecule has 1 unspecified atom stereocenters. The molecule has 1 atom stereocenters. The number of nitrogens with one attached hydrogen (secondary N) is 3. The Morgan fingerprint density at radius 3 is 2.44 bits per heavy atom. The van der Waals surface area contributed by atoms with Crippen molar-refractivity contribution in [1.82, 2.24) is 30.9 Å². The highest BCUT2D eigenvalue weighted by Gasteiger charge is 2.27. The van der Waals surface area contributed by atoms with Crippen molar-refractivity contribution in [2.24, 2.45) is 5.73 Å². The fraction of sp³-hybridized carbons (Fsp3) is 0.821. The van der Waals surface area contributed by atoms with E-state index < -0.39 is 23.2 Å². The van der Waals surface area contributed by atoms with E-state index in [-0.39, 0.29) is 18.2 Å². The van der Waals surface area contributed by atoms with Gasteiger partial charge in [-0.2, -0.15) is 0 Å². The van der Waals surface area contributed by atoms with Gasteiger partial charge in [-0.05, 0) is 73.3 Å². The monoisotopic (exact) mass is 583 g/mol. The second-order valence-corrected chi connectivity index (χ2v) is 11.5. The van der Waals surface area contributed by atoms with Crippen LogP contribution in [0.15, 0.2) is 6.20 Å². The summed E-state index contributed by atoms with van der Waals surface area (Å²) in [4.78, 5) is 36.5. The van der Waals surface area contributed by atoms with Gasteiger partial charge in [-0.15, -0.1) is 5.10 Å². The second-order valence-electron chi connectivity index (χ2n) is 11.5. The topological polar surface area (TPSA) is 172 Å². The van der Waals surface area contributed by atoms with E-state index in [1.165, 1.54) is 0 Å². The SMILES string of the molecule is CNCCOC(C)(C)COC(C)(C)CCC(=O)NC(CCCCNC(=O)CCCCn1cc(COC)nn1)C(N)=O. The molecule has 13 heteroatoms. The number of rotatable bonds is 24. The molecule has 0 spiro atoms. The van der Waals surface area contributed by atoms with E-state index >= 15 is 0 Å². The fourth-order valence-corrected chi connectivity index (χ4v) is 3.89. The van der Waals surface area contributed by atoms with Crippen LogP contribution < -0.4 is 21.7 Å². The summed E-state index contributed by atoms with van der Waals surface area (Å²) >= 11 is 0.